The number of rotatable bonds is 6. The molecule has 0 aliphatic heterocycles. The van der Waals surface area contributed by atoms with Crippen LogP contribution in [-0.4, -0.2) is 31.0 Å². The van der Waals surface area contributed by atoms with E-state index in [0.717, 1.165) is 5.56 Å². The highest BCUT2D eigenvalue weighted by Crippen LogP contribution is 2.11. The van der Waals surface area contributed by atoms with Crippen LogP contribution in [0.5, 0.6) is 5.75 Å². The molecule has 0 fully saturated rings. The molecular formula is C19H20FNO2. The number of hydrogen-bond acceptors (Lipinski definition) is 2. The molecule has 0 radical (unpaired) electrons. The molecule has 4 heteroatoms. The van der Waals surface area contributed by atoms with Crippen LogP contribution in [0.1, 0.15) is 11.1 Å². The summed E-state index contributed by atoms with van der Waals surface area (Å²) in [5.74, 6) is 0.196. The zero-order chi connectivity index (χ0) is 16.7. The van der Waals surface area contributed by atoms with Crippen LogP contribution in [0.15, 0.2) is 54.6 Å². The van der Waals surface area contributed by atoms with Crippen LogP contribution in [0.25, 0.3) is 6.08 Å². The number of ether oxygens (including phenoxy) is 1. The number of nitrogens with zero attached hydrogens (tertiary/aromatic N) is 1. The summed E-state index contributed by atoms with van der Waals surface area (Å²) in [7, 11) is 1.72. The Bertz CT molecular complexity index is 663. The predicted octanol–water partition coefficient (Wildman–Crippen LogP) is 3.68. The lowest BCUT2D eigenvalue weighted by Crippen LogP contribution is -2.29. The molecule has 0 bridgehead atoms. The van der Waals surface area contributed by atoms with Crippen molar-refractivity contribution < 1.29 is 13.9 Å². The van der Waals surface area contributed by atoms with Crippen molar-refractivity contribution in [2.24, 2.45) is 0 Å². The van der Waals surface area contributed by atoms with Crippen LogP contribution in [0.2, 0.25) is 0 Å². The second-order valence-corrected chi connectivity index (χ2v) is 5.31. The summed E-state index contributed by atoms with van der Waals surface area (Å²) in [4.78, 5) is 13.6. The maximum atomic E-state index is 12.8. The zero-order valence-electron chi connectivity index (χ0n) is 13.3. The quantitative estimate of drug-likeness (QED) is 0.761. The summed E-state index contributed by atoms with van der Waals surface area (Å²) >= 11 is 0. The highest BCUT2D eigenvalue weighted by atomic mass is 19.1. The first-order valence-corrected chi connectivity index (χ1v) is 7.43. The summed E-state index contributed by atoms with van der Waals surface area (Å²) in [6.07, 6.45) is 3.33. The summed E-state index contributed by atoms with van der Waals surface area (Å²) < 4.78 is 18.2. The van der Waals surface area contributed by atoms with E-state index >= 15 is 0 Å². The van der Waals surface area contributed by atoms with Gasteiger partial charge in [0.25, 0.3) is 0 Å². The smallest absolute Gasteiger partial charge is 0.246 e. The van der Waals surface area contributed by atoms with Gasteiger partial charge in [0, 0.05) is 13.1 Å². The molecule has 0 saturated heterocycles. The predicted molar refractivity (Wildman–Crippen MR) is 89.7 cm³/mol. The van der Waals surface area contributed by atoms with Gasteiger partial charge in [-0.25, -0.2) is 4.39 Å². The topological polar surface area (TPSA) is 29.5 Å². The lowest BCUT2D eigenvalue weighted by Gasteiger charge is -2.15. The first-order chi connectivity index (χ1) is 11.0. The third kappa shape index (κ3) is 5.58. The van der Waals surface area contributed by atoms with E-state index < -0.39 is 0 Å². The normalized spacial score (nSPS) is 10.7. The van der Waals surface area contributed by atoms with E-state index in [0.29, 0.717) is 18.9 Å². The van der Waals surface area contributed by atoms with Crippen LogP contribution in [-0.2, 0) is 4.79 Å². The van der Waals surface area contributed by atoms with Gasteiger partial charge < -0.3 is 9.64 Å². The zero-order valence-corrected chi connectivity index (χ0v) is 13.3. The highest BCUT2D eigenvalue weighted by molar-refractivity contribution is 5.91. The lowest BCUT2D eigenvalue weighted by molar-refractivity contribution is -0.125. The SMILES string of the molecule is Cc1ccc(/C=C/C(=O)N(C)CCOc2ccc(F)cc2)cc1. The van der Waals surface area contributed by atoms with Crippen LogP contribution in [0, 0.1) is 12.7 Å². The van der Waals surface area contributed by atoms with Crippen LogP contribution in [0.4, 0.5) is 4.39 Å². The number of aryl methyl sites for hydroxylation is 1. The van der Waals surface area contributed by atoms with Gasteiger partial charge in [0.15, 0.2) is 0 Å². The first kappa shape index (κ1) is 16.7. The van der Waals surface area contributed by atoms with Crippen molar-refractivity contribution in [3.8, 4) is 5.75 Å². The molecule has 0 aliphatic rings. The van der Waals surface area contributed by atoms with Crippen molar-refractivity contribution in [2.75, 3.05) is 20.2 Å². The molecule has 1 amide bonds. The third-order valence-corrected chi connectivity index (χ3v) is 3.38. The maximum absolute atomic E-state index is 12.8. The summed E-state index contributed by atoms with van der Waals surface area (Å²) in [5, 5.41) is 0. The Kier molecular flexibility index (Phi) is 5.92. The summed E-state index contributed by atoms with van der Waals surface area (Å²) in [6.45, 7) is 2.83. The Hall–Kier alpha value is -2.62. The van der Waals surface area contributed by atoms with Gasteiger partial charge in [-0.3, -0.25) is 4.79 Å². The molecule has 2 rings (SSSR count). The Morgan fingerprint density at radius 3 is 2.43 bits per heavy atom. The van der Waals surface area contributed by atoms with Crippen molar-refractivity contribution in [2.45, 2.75) is 6.92 Å². The molecule has 0 unspecified atom stereocenters. The fraction of sp³-hybridized carbons (Fsp3) is 0.211. The molecular weight excluding hydrogens is 293 g/mol. The highest BCUT2D eigenvalue weighted by Gasteiger charge is 2.05. The molecule has 120 valence electrons. The van der Waals surface area contributed by atoms with Gasteiger partial charge in [-0.2, -0.15) is 0 Å². The van der Waals surface area contributed by atoms with Gasteiger partial charge in [0.2, 0.25) is 5.91 Å². The minimum Gasteiger partial charge on any atom is -0.492 e. The molecule has 0 aliphatic carbocycles. The maximum Gasteiger partial charge on any atom is 0.246 e. The number of hydrogen-bond donors (Lipinski definition) is 0. The number of benzene rings is 2. The standard InChI is InChI=1S/C19H20FNO2/c1-15-3-5-16(6-4-15)7-12-19(22)21(2)13-14-23-18-10-8-17(20)9-11-18/h3-12H,13-14H2,1-2H3/b12-7+. The van der Waals surface area contributed by atoms with E-state index in [4.69, 9.17) is 4.74 Å². The van der Waals surface area contributed by atoms with Gasteiger partial charge in [0.1, 0.15) is 18.2 Å². The average Bonchev–Trinajstić information content (AvgIpc) is 2.55. The van der Waals surface area contributed by atoms with Crippen LogP contribution in [0.3, 0.4) is 0 Å². The van der Waals surface area contributed by atoms with E-state index in [1.165, 1.54) is 17.7 Å². The van der Waals surface area contributed by atoms with E-state index in [-0.39, 0.29) is 11.7 Å². The number of halogens is 1. The van der Waals surface area contributed by atoms with E-state index in [1.54, 1.807) is 36.2 Å². The first-order valence-electron chi connectivity index (χ1n) is 7.43. The minimum atomic E-state index is -0.300. The molecule has 23 heavy (non-hydrogen) atoms. The number of likely N-dealkylation sites (N-methyl/N-ethyl adjacent to an activating group) is 1. The number of amides is 1. The van der Waals surface area contributed by atoms with Crippen molar-refractivity contribution >= 4 is 12.0 Å². The Labute approximate surface area is 136 Å². The molecule has 2 aromatic carbocycles. The second kappa shape index (κ2) is 8.13. The van der Waals surface area contributed by atoms with Crippen LogP contribution >= 0.6 is 0 Å². The Balaban J connectivity index is 1.78. The van der Waals surface area contributed by atoms with Crippen molar-refractivity contribution in [1.82, 2.24) is 4.90 Å². The Morgan fingerprint density at radius 1 is 1.13 bits per heavy atom. The summed E-state index contributed by atoms with van der Waals surface area (Å²) in [6, 6.07) is 13.8. The molecule has 0 heterocycles. The van der Waals surface area contributed by atoms with E-state index in [2.05, 4.69) is 0 Å². The molecule has 3 nitrogen and oxygen atoms in total. The van der Waals surface area contributed by atoms with E-state index in [1.807, 2.05) is 31.2 Å². The van der Waals surface area contributed by atoms with Gasteiger partial charge in [-0.15, -0.1) is 0 Å². The van der Waals surface area contributed by atoms with Crippen molar-refractivity contribution in [1.29, 1.82) is 0 Å². The van der Waals surface area contributed by atoms with Gasteiger partial charge in [0.05, 0.1) is 6.54 Å². The molecule has 0 N–H and O–H groups in total. The number of carbonyl (C=O) groups excluding carboxylic acids is 1. The van der Waals surface area contributed by atoms with Crippen molar-refractivity contribution in [3.63, 3.8) is 0 Å². The molecule has 2 aromatic rings. The van der Waals surface area contributed by atoms with Gasteiger partial charge in [-0.1, -0.05) is 29.8 Å². The van der Waals surface area contributed by atoms with Crippen molar-refractivity contribution in [3.05, 3.63) is 71.6 Å². The molecule has 0 spiro atoms. The monoisotopic (exact) mass is 313 g/mol. The molecule has 0 saturated carbocycles. The van der Waals surface area contributed by atoms with Crippen LogP contribution < -0.4 is 4.74 Å². The lowest BCUT2D eigenvalue weighted by atomic mass is 10.1. The largest absolute Gasteiger partial charge is 0.492 e. The minimum absolute atomic E-state index is 0.0896. The van der Waals surface area contributed by atoms with E-state index in [9.17, 15) is 9.18 Å². The fourth-order valence-electron chi connectivity index (χ4n) is 1.91. The summed E-state index contributed by atoms with van der Waals surface area (Å²) in [5.41, 5.74) is 2.17. The number of carbonyl (C=O) groups is 1. The third-order valence-electron chi connectivity index (χ3n) is 3.38. The average molecular weight is 313 g/mol. The molecule has 0 aromatic heterocycles. The Morgan fingerprint density at radius 2 is 1.78 bits per heavy atom. The second-order valence-electron chi connectivity index (χ2n) is 5.31. The molecule has 0 atom stereocenters. The van der Waals surface area contributed by atoms with Gasteiger partial charge in [-0.05, 0) is 42.8 Å². The van der Waals surface area contributed by atoms with Gasteiger partial charge >= 0.3 is 0 Å². The fourth-order valence-corrected chi connectivity index (χ4v) is 1.91.